The third-order valence-electron chi connectivity index (χ3n) is 4.08. The molecule has 0 bridgehead atoms. The molecule has 0 amide bonds. The van der Waals surface area contributed by atoms with Crippen LogP contribution in [0.2, 0.25) is 0 Å². The second kappa shape index (κ2) is 6.42. The van der Waals surface area contributed by atoms with Crippen LogP contribution < -0.4 is 5.32 Å². The highest BCUT2D eigenvalue weighted by atomic mass is 16.3. The van der Waals surface area contributed by atoms with Crippen molar-refractivity contribution in [2.75, 3.05) is 19.6 Å². The number of benzene rings is 1. The van der Waals surface area contributed by atoms with Gasteiger partial charge in [0.25, 0.3) is 0 Å². The van der Waals surface area contributed by atoms with E-state index in [0.717, 1.165) is 24.4 Å². The molecule has 0 aliphatic carbocycles. The minimum atomic E-state index is 0.501. The molecule has 2 aromatic rings. The minimum Gasteiger partial charge on any atom is -0.460 e. The molecule has 2 heterocycles. The van der Waals surface area contributed by atoms with Gasteiger partial charge in [-0.2, -0.15) is 0 Å². The van der Waals surface area contributed by atoms with Crippen LogP contribution in [0.3, 0.4) is 0 Å². The molecule has 1 unspecified atom stereocenters. The first-order valence-electron chi connectivity index (χ1n) is 7.74. The van der Waals surface area contributed by atoms with E-state index in [-0.39, 0.29) is 0 Å². The van der Waals surface area contributed by atoms with Gasteiger partial charge in [0.05, 0.1) is 6.54 Å². The van der Waals surface area contributed by atoms with E-state index in [1.54, 1.807) is 0 Å². The molecular weight excluding hydrogens is 248 g/mol. The Hall–Kier alpha value is -1.32. The molecule has 1 aliphatic rings. The van der Waals surface area contributed by atoms with E-state index in [1.165, 1.54) is 37.7 Å². The van der Waals surface area contributed by atoms with Gasteiger partial charge in [-0.05, 0) is 45.0 Å². The highest BCUT2D eigenvalue weighted by Crippen LogP contribution is 2.18. The van der Waals surface area contributed by atoms with Crippen LogP contribution in [-0.4, -0.2) is 30.6 Å². The molecule has 1 N–H and O–H groups in total. The van der Waals surface area contributed by atoms with Gasteiger partial charge in [-0.3, -0.25) is 0 Å². The number of fused-ring (bicyclic) bond motifs is 1. The number of likely N-dealkylation sites (tertiary alicyclic amines) is 1. The minimum absolute atomic E-state index is 0.501. The maximum atomic E-state index is 5.83. The van der Waals surface area contributed by atoms with E-state index >= 15 is 0 Å². The molecule has 3 rings (SSSR count). The molecule has 1 aromatic heterocycles. The van der Waals surface area contributed by atoms with Gasteiger partial charge in [0.2, 0.25) is 0 Å². The number of furan rings is 1. The Kier molecular flexibility index (Phi) is 4.38. The standard InChI is InChI=1S/C17H24N2O/c1-14(13-19-9-5-2-6-10-19)18-12-16-11-15-7-3-4-8-17(15)20-16/h3-4,7-8,11,14,18H,2,5-6,9-10,12-13H2,1H3. The first kappa shape index (κ1) is 13.7. The van der Waals surface area contributed by atoms with Gasteiger partial charge < -0.3 is 14.6 Å². The summed E-state index contributed by atoms with van der Waals surface area (Å²) in [7, 11) is 0. The predicted molar refractivity (Wildman–Crippen MR) is 82.8 cm³/mol. The summed E-state index contributed by atoms with van der Waals surface area (Å²) >= 11 is 0. The van der Waals surface area contributed by atoms with Crippen molar-refractivity contribution in [3.63, 3.8) is 0 Å². The Bertz CT molecular complexity index is 510. The van der Waals surface area contributed by atoms with Gasteiger partial charge in [0, 0.05) is 18.0 Å². The van der Waals surface area contributed by atoms with Gasteiger partial charge in [0.1, 0.15) is 11.3 Å². The topological polar surface area (TPSA) is 28.4 Å². The third-order valence-corrected chi connectivity index (χ3v) is 4.08. The summed E-state index contributed by atoms with van der Waals surface area (Å²) in [6.45, 7) is 6.73. The summed E-state index contributed by atoms with van der Waals surface area (Å²) in [6, 6.07) is 10.8. The van der Waals surface area contributed by atoms with Crippen molar-refractivity contribution >= 4 is 11.0 Å². The van der Waals surface area contributed by atoms with Crippen LogP contribution in [0.25, 0.3) is 11.0 Å². The Morgan fingerprint density at radius 1 is 1.20 bits per heavy atom. The first-order chi connectivity index (χ1) is 9.81. The summed E-state index contributed by atoms with van der Waals surface area (Å²) in [5.41, 5.74) is 0.980. The van der Waals surface area contributed by atoms with E-state index in [9.17, 15) is 0 Å². The van der Waals surface area contributed by atoms with Crippen LogP contribution in [0, 0.1) is 0 Å². The Balaban J connectivity index is 1.50. The summed E-state index contributed by atoms with van der Waals surface area (Å²) in [4.78, 5) is 2.57. The van der Waals surface area contributed by atoms with Gasteiger partial charge in [-0.15, -0.1) is 0 Å². The average Bonchev–Trinajstić information content (AvgIpc) is 2.89. The Morgan fingerprint density at radius 2 is 2.00 bits per heavy atom. The number of rotatable bonds is 5. The Labute approximate surface area is 120 Å². The number of piperidine rings is 1. The summed E-state index contributed by atoms with van der Waals surface area (Å²) in [6.07, 6.45) is 4.11. The molecule has 0 saturated carbocycles. The molecule has 3 nitrogen and oxygen atoms in total. The van der Waals surface area contributed by atoms with Crippen molar-refractivity contribution in [3.05, 3.63) is 36.1 Å². The molecule has 108 valence electrons. The lowest BCUT2D eigenvalue weighted by Gasteiger charge is -2.29. The van der Waals surface area contributed by atoms with E-state index in [4.69, 9.17) is 4.42 Å². The molecule has 0 radical (unpaired) electrons. The number of hydrogen-bond donors (Lipinski definition) is 1. The number of hydrogen-bond acceptors (Lipinski definition) is 3. The second-order valence-corrected chi connectivity index (χ2v) is 5.89. The predicted octanol–water partition coefficient (Wildman–Crippen LogP) is 3.40. The van der Waals surface area contributed by atoms with Gasteiger partial charge in [-0.25, -0.2) is 0 Å². The summed E-state index contributed by atoms with van der Waals surface area (Å²) < 4.78 is 5.83. The lowest BCUT2D eigenvalue weighted by molar-refractivity contribution is 0.208. The fourth-order valence-electron chi connectivity index (χ4n) is 2.99. The lowest BCUT2D eigenvalue weighted by Crippen LogP contribution is -2.41. The number of para-hydroxylation sites is 1. The molecule has 1 atom stereocenters. The zero-order valence-corrected chi connectivity index (χ0v) is 12.3. The first-order valence-corrected chi connectivity index (χ1v) is 7.74. The van der Waals surface area contributed by atoms with Crippen molar-refractivity contribution in [1.29, 1.82) is 0 Å². The smallest absolute Gasteiger partial charge is 0.134 e. The van der Waals surface area contributed by atoms with Gasteiger partial charge in [-0.1, -0.05) is 24.6 Å². The van der Waals surface area contributed by atoms with E-state index in [1.807, 2.05) is 18.2 Å². The highest BCUT2D eigenvalue weighted by Gasteiger charge is 2.13. The fraction of sp³-hybridized carbons (Fsp3) is 0.529. The van der Waals surface area contributed by atoms with Crippen LogP contribution in [-0.2, 0) is 6.54 Å². The maximum absolute atomic E-state index is 5.83. The van der Waals surface area contributed by atoms with Crippen LogP contribution in [0.4, 0.5) is 0 Å². The van der Waals surface area contributed by atoms with Gasteiger partial charge in [0.15, 0.2) is 0 Å². The highest BCUT2D eigenvalue weighted by molar-refractivity contribution is 5.77. The molecule has 20 heavy (non-hydrogen) atoms. The number of nitrogens with one attached hydrogen (secondary N) is 1. The van der Waals surface area contributed by atoms with Crippen molar-refractivity contribution in [3.8, 4) is 0 Å². The van der Waals surface area contributed by atoms with Crippen molar-refractivity contribution < 1.29 is 4.42 Å². The fourth-order valence-corrected chi connectivity index (χ4v) is 2.99. The summed E-state index contributed by atoms with van der Waals surface area (Å²) in [5, 5.41) is 4.76. The lowest BCUT2D eigenvalue weighted by atomic mass is 10.1. The molecule has 0 spiro atoms. The summed E-state index contributed by atoms with van der Waals surface area (Å²) in [5.74, 6) is 1.02. The van der Waals surface area contributed by atoms with Crippen molar-refractivity contribution in [2.45, 2.75) is 38.8 Å². The van der Waals surface area contributed by atoms with E-state index < -0.39 is 0 Å². The van der Waals surface area contributed by atoms with Crippen LogP contribution in [0.5, 0.6) is 0 Å². The van der Waals surface area contributed by atoms with Crippen LogP contribution in [0.15, 0.2) is 34.7 Å². The zero-order valence-electron chi connectivity index (χ0n) is 12.3. The molecule has 3 heteroatoms. The largest absolute Gasteiger partial charge is 0.460 e. The van der Waals surface area contributed by atoms with Crippen molar-refractivity contribution in [2.24, 2.45) is 0 Å². The maximum Gasteiger partial charge on any atom is 0.134 e. The monoisotopic (exact) mass is 272 g/mol. The molecule has 1 saturated heterocycles. The molecule has 1 fully saturated rings. The molecule has 1 aliphatic heterocycles. The zero-order chi connectivity index (χ0) is 13.8. The van der Waals surface area contributed by atoms with Crippen LogP contribution in [0.1, 0.15) is 31.9 Å². The molecular formula is C17H24N2O. The van der Waals surface area contributed by atoms with Crippen molar-refractivity contribution in [1.82, 2.24) is 10.2 Å². The van der Waals surface area contributed by atoms with Crippen LogP contribution >= 0.6 is 0 Å². The normalized spacial score (nSPS) is 18.4. The number of nitrogens with zero attached hydrogens (tertiary/aromatic N) is 1. The third kappa shape index (κ3) is 3.41. The van der Waals surface area contributed by atoms with E-state index in [0.29, 0.717) is 6.04 Å². The molecule has 1 aromatic carbocycles. The Morgan fingerprint density at radius 3 is 2.80 bits per heavy atom. The second-order valence-electron chi connectivity index (χ2n) is 5.89. The quantitative estimate of drug-likeness (QED) is 0.904. The average molecular weight is 272 g/mol. The SMILES string of the molecule is CC(CN1CCCCC1)NCc1cc2ccccc2o1. The van der Waals surface area contributed by atoms with Gasteiger partial charge >= 0.3 is 0 Å². The van der Waals surface area contributed by atoms with E-state index in [2.05, 4.69) is 29.3 Å².